The quantitative estimate of drug-likeness (QED) is 0.598. The van der Waals surface area contributed by atoms with Crippen molar-refractivity contribution in [2.75, 3.05) is 7.11 Å². The van der Waals surface area contributed by atoms with Crippen LogP contribution in [0.4, 0.5) is 0 Å². The molecule has 0 bridgehead atoms. The summed E-state index contributed by atoms with van der Waals surface area (Å²) >= 11 is 0. The summed E-state index contributed by atoms with van der Waals surface area (Å²) in [6.45, 7) is 10.1. The maximum atomic E-state index is 5.14. The molecule has 0 atom stereocenters. The van der Waals surface area contributed by atoms with Crippen LogP contribution in [0, 0.1) is 6.92 Å². The average Bonchev–Trinajstić information content (AvgIpc) is 2.54. The van der Waals surface area contributed by atoms with Gasteiger partial charge in [0, 0.05) is 0 Å². The van der Waals surface area contributed by atoms with Gasteiger partial charge in [0.1, 0.15) is 5.75 Å². The van der Waals surface area contributed by atoms with Gasteiger partial charge in [0.25, 0.3) is 0 Å². The van der Waals surface area contributed by atoms with Gasteiger partial charge in [-0.3, -0.25) is 0 Å². The highest BCUT2D eigenvalue weighted by atomic mass is 16.5. The normalized spacial score (nSPS) is 7.91. The molecule has 0 spiro atoms. The Morgan fingerprint density at radius 2 is 1.05 bits per heavy atom. The SMILES string of the molecule is C.C.CC.CC.COc1ccc(Cc2ccc(C)cc2)cc1. The number of benzene rings is 2. The third-order valence-electron chi connectivity index (χ3n) is 2.69. The Balaban J connectivity index is -0.000000557. The second kappa shape index (κ2) is 15.6. The molecule has 2 aromatic carbocycles. The second-order valence-corrected chi connectivity index (χ2v) is 4.01. The van der Waals surface area contributed by atoms with Crippen LogP contribution in [0.5, 0.6) is 5.75 Å². The summed E-state index contributed by atoms with van der Waals surface area (Å²) in [6, 6.07) is 16.9. The average molecular weight is 305 g/mol. The summed E-state index contributed by atoms with van der Waals surface area (Å²) in [4.78, 5) is 0. The molecule has 22 heavy (non-hydrogen) atoms. The van der Waals surface area contributed by atoms with Crippen LogP contribution in [0.2, 0.25) is 0 Å². The molecule has 0 fully saturated rings. The van der Waals surface area contributed by atoms with E-state index >= 15 is 0 Å². The number of hydrogen-bond donors (Lipinski definition) is 0. The molecule has 2 aromatic rings. The molecule has 0 unspecified atom stereocenters. The Morgan fingerprint density at radius 1 is 0.682 bits per heavy atom. The minimum Gasteiger partial charge on any atom is -0.497 e. The predicted molar refractivity (Wildman–Crippen MR) is 103 cm³/mol. The van der Waals surface area contributed by atoms with Gasteiger partial charge in [0.05, 0.1) is 7.11 Å². The molecule has 1 nitrogen and oxygen atoms in total. The summed E-state index contributed by atoms with van der Waals surface area (Å²) in [5.41, 5.74) is 3.96. The van der Waals surface area contributed by atoms with Crippen molar-refractivity contribution in [1.29, 1.82) is 0 Å². The molecule has 0 aliphatic heterocycles. The first-order valence-electron chi connectivity index (χ1n) is 7.46. The van der Waals surface area contributed by atoms with E-state index < -0.39 is 0 Å². The van der Waals surface area contributed by atoms with Gasteiger partial charge >= 0.3 is 0 Å². The topological polar surface area (TPSA) is 9.23 Å². The van der Waals surface area contributed by atoms with Crippen molar-refractivity contribution in [3.63, 3.8) is 0 Å². The van der Waals surface area contributed by atoms with Gasteiger partial charge in [-0.2, -0.15) is 0 Å². The van der Waals surface area contributed by atoms with Crippen molar-refractivity contribution in [1.82, 2.24) is 0 Å². The lowest BCUT2D eigenvalue weighted by molar-refractivity contribution is 0.414. The monoisotopic (exact) mass is 304 g/mol. The van der Waals surface area contributed by atoms with Crippen molar-refractivity contribution < 1.29 is 4.74 Å². The van der Waals surface area contributed by atoms with Crippen LogP contribution in [0.15, 0.2) is 48.5 Å². The Hall–Kier alpha value is -1.76. The first kappa shape index (κ1) is 25.2. The molecule has 1 heteroatoms. The van der Waals surface area contributed by atoms with Gasteiger partial charge in [0.2, 0.25) is 0 Å². The van der Waals surface area contributed by atoms with Crippen LogP contribution in [0.1, 0.15) is 59.2 Å². The Kier molecular flexibility index (Phi) is 17.9. The van der Waals surface area contributed by atoms with E-state index in [1.807, 2.05) is 39.8 Å². The number of methoxy groups -OCH3 is 1. The standard InChI is InChI=1S/C15H16O.2C2H6.2CH4/c1-12-3-5-13(6-4-12)11-14-7-9-15(16-2)10-8-14;2*1-2;;/h3-10H,11H2,1-2H3;2*1-2H3;2*1H4. The highest BCUT2D eigenvalue weighted by Crippen LogP contribution is 2.15. The maximum Gasteiger partial charge on any atom is 0.118 e. The summed E-state index contributed by atoms with van der Waals surface area (Å²) < 4.78 is 5.14. The first-order chi connectivity index (χ1) is 9.78. The summed E-state index contributed by atoms with van der Waals surface area (Å²) in [6.07, 6.45) is 0.976. The molecule has 0 amide bonds. The number of aryl methyl sites for hydroxylation is 1. The molecule has 0 radical (unpaired) electrons. The smallest absolute Gasteiger partial charge is 0.118 e. The molecule has 126 valence electrons. The van der Waals surface area contributed by atoms with Gasteiger partial charge in [-0.25, -0.2) is 0 Å². The van der Waals surface area contributed by atoms with E-state index in [9.17, 15) is 0 Å². The van der Waals surface area contributed by atoms with Crippen LogP contribution in [0.3, 0.4) is 0 Å². The van der Waals surface area contributed by atoms with E-state index in [1.54, 1.807) is 7.11 Å². The summed E-state index contributed by atoms with van der Waals surface area (Å²) in [5.74, 6) is 0.910. The van der Waals surface area contributed by atoms with E-state index in [1.165, 1.54) is 16.7 Å². The van der Waals surface area contributed by atoms with Crippen LogP contribution in [-0.4, -0.2) is 7.11 Å². The summed E-state index contributed by atoms with van der Waals surface area (Å²) in [7, 11) is 1.69. The third kappa shape index (κ3) is 9.23. The Morgan fingerprint density at radius 3 is 1.41 bits per heavy atom. The van der Waals surface area contributed by atoms with E-state index in [-0.39, 0.29) is 14.9 Å². The van der Waals surface area contributed by atoms with E-state index in [0.717, 1.165) is 12.2 Å². The van der Waals surface area contributed by atoms with E-state index in [4.69, 9.17) is 4.74 Å². The molecule has 0 aliphatic rings. The molecule has 0 saturated heterocycles. The molecule has 2 rings (SSSR count). The second-order valence-electron chi connectivity index (χ2n) is 4.01. The zero-order chi connectivity index (χ0) is 15.4. The number of rotatable bonds is 3. The van der Waals surface area contributed by atoms with Crippen molar-refractivity contribution in [3.8, 4) is 5.75 Å². The third-order valence-corrected chi connectivity index (χ3v) is 2.69. The Bertz CT molecular complexity index is 440. The fourth-order valence-electron chi connectivity index (χ4n) is 1.69. The fraction of sp³-hybridized carbons (Fsp3) is 0.429. The molecule has 0 N–H and O–H groups in total. The molecular weight excluding hydrogens is 268 g/mol. The summed E-state index contributed by atoms with van der Waals surface area (Å²) in [5, 5.41) is 0. The van der Waals surface area contributed by atoms with Crippen LogP contribution < -0.4 is 4.74 Å². The van der Waals surface area contributed by atoms with Crippen LogP contribution in [-0.2, 0) is 6.42 Å². The minimum atomic E-state index is 0. The molecule has 0 aromatic heterocycles. The molecule has 0 saturated carbocycles. The largest absolute Gasteiger partial charge is 0.497 e. The van der Waals surface area contributed by atoms with Crippen molar-refractivity contribution in [2.45, 2.75) is 55.9 Å². The highest BCUT2D eigenvalue weighted by molar-refractivity contribution is 5.32. The van der Waals surface area contributed by atoms with Gasteiger partial charge < -0.3 is 4.74 Å². The fourth-order valence-corrected chi connectivity index (χ4v) is 1.69. The van der Waals surface area contributed by atoms with E-state index in [0.29, 0.717) is 0 Å². The van der Waals surface area contributed by atoms with Gasteiger partial charge in [-0.05, 0) is 36.6 Å². The first-order valence-corrected chi connectivity index (χ1v) is 7.46. The zero-order valence-electron chi connectivity index (χ0n) is 13.7. The highest BCUT2D eigenvalue weighted by Gasteiger charge is 1.97. The number of hydrogen-bond acceptors (Lipinski definition) is 1. The van der Waals surface area contributed by atoms with Crippen molar-refractivity contribution in [2.24, 2.45) is 0 Å². The number of ether oxygens (including phenoxy) is 1. The molecule has 0 aliphatic carbocycles. The lowest BCUT2D eigenvalue weighted by Gasteiger charge is -2.04. The molecule has 0 heterocycles. The van der Waals surface area contributed by atoms with Crippen molar-refractivity contribution in [3.05, 3.63) is 65.2 Å². The van der Waals surface area contributed by atoms with Crippen LogP contribution >= 0.6 is 0 Å². The van der Waals surface area contributed by atoms with Gasteiger partial charge in [0.15, 0.2) is 0 Å². The Labute approximate surface area is 139 Å². The lowest BCUT2D eigenvalue weighted by atomic mass is 10.0. The zero-order valence-corrected chi connectivity index (χ0v) is 13.7. The maximum absolute atomic E-state index is 5.14. The predicted octanol–water partition coefficient (Wildman–Crippen LogP) is 6.92. The minimum absolute atomic E-state index is 0. The van der Waals surface area contributed by atoms with Gasteiger partial charge in [-0.15, -0.1) is 0 Å². The van der Waals surface area contributed by atoms with Gasteiger partial charge in [-0.1, -0.05) is 84.5 Å². The lowest BCUT2D eigenvalue weighted by Crippen LogP contribution is -1.89. The van der Waals surface area contributed by atoms with Crippen molar-refractivity contribution >= 4 is 0 Å². The van der Waals surface area contributed by atoms with E-state index in [2.05, 4.69) is 43.3 Å². The molecular formula is C21H36O. The van der Waals surface area contributed by atoms with Crippen LogP contribution in [0.25, 0.3) is 0 Å².